The summed E-state index contributed by atoms with van der Waals surface area (Å²) in [6.45, 7) is 1.75. The smallest absolute Gasteiger partial charge is 0.332 e. The minimum Gasteiger partial charge on any atom is -0.464 e. The van der Waals surface area contributed by atoms with Crippen LogP contribution in [0, 0.1) is 0 Å². The summed E-state index contributed by atoms with van der Waals surface area (Å²) in [5.74, 6) is -1.69. The molecule has 4 N–H and O–H groups in total. The molecular formula is C13H14ClN3O4. The number of nitrogens with one attached hydrogen (secondary N) is 2. The molecule has 0 spiro atoms. The van der Waals surface area contributed by atoms with Crippen LogP contribution in [0.5, 0.6) is 0 Å². The molecule has 0 aliphatic carbocycles. The van der Waals surface area contributed by atoms with Crippen LogP contribution in [0.4, 0.5) is 11.4 Å². The van der Waals surface area contributed by atoms with Gasteiger partial charge in [0.25, 0.3) is 5.91 Å². The number of ether oxygens (including phenoxy) is 1. The van der Waals surface area contributed by atoms with Crippen LogP contribution in [0.15, 0.2) is 12.1 Å². The Labute approximate surface area is 125 Å². The summed E-state index contributed by atoms with van der Waals surface area (Å²) in [4.78, 5) is 34.6. The van der Waals surface area contributed by atoms with Gasteiger partial charge in [-0.15, -0.1) is 0 Å². The average Bonchev–Trinajstić information content (AvgIpc) is 2.77. The van der Waals surface area contributed by atoms with E-state index in [1.165, 1.54) is 6.07 Å². The fourth-order valence-electron chi connectivity index (χ4n) is 1.89. The lowest BCUT2D eigenvalue weighted by molar-refractivity contribution is -0.147. The summed E-state index contributed by atoms with van der Waals surface area (Å²) in [5, 5.41) is 5.34. The Morgan fingerprint density at radius 3 is 2.90 bits per heavy atom. The Balaban J connectivity index is 2.13. The second kappa shape index (κ2) is 6.11. The Bertz CT molecular complexity index is 618. The molecule has 7 nitrogen and oxygen atoms in total. The minimum atomic E-state index is -1.44. The van der Waals surface area contributed by atoms with E-state index >= 15 is 0 Å². The van der Waals surface area contributed by atoms with Crippen molar-refractivity contribution in [3.63, 3.8) is 0 Å². The monoisotopic (exact) mass is 311 g/mol. The van der Waals surface area contributed by atoms with Crippen molar-refractivity contribution in [1.82, 2.24) is 0 Å². The Morgan fingerprint density at radius 1 is 1.52 bits per heavy atom. The van der Waals surface area contributed by atoms with Gasteiger partial charge in [0.15, 0.2) is 6.04 Å². The highest BCUT2D eigenvalue weighted by atomic mass is 35.5. The third-order valence-corrected chi connectivity index (χ3v) is 3.21. The first-order chi connectivity index (χ1) is 9.92. The molecule has 21 heavy (non-hydrogen) atoms. The van der Waals surface area contributed by atoms with E-state index in [1.807, 2.05) is 0 Å². The number of esters is 1. The number of amides is 2. The molecule has 1 aliphatic heterocycles. The SMILES string of the molecule is CCOC(=O)C(N)C(=O)Nc1cc2c(cc1Cl)NC(=O)C2. The molecule has 1 aliphatic rings. The predicted molar refractivity (Wildman–Crippen MR) is 77.0 cm³/mol. The molecule has 1 heterocycles. The number of hydrogen-bond donors (Lipinski definition) is 3. The van der Waals surface area contributed by atoms with Crippen molar-refractivity contribution in [3.8, 4) is 0 Å². The van der Waals surface area contributed by atoms with Gasteiger partial charge in [0.1, 0.15) is 0 Å². The molecule has 1 atom stereocenters. The number of carbonyl (C=O) groups excluding carboxylic acids is 3. The van der Waals surface area contributed by atoms with Gasteiger partial charge in [-0.05, 0) is 24.6 Å². The van der Waals surface area contributed by atoms with Gasteiger partial charge >= 0.3 is 5.97 Å². The summed E-state index contributed by atoms with van der Waals surface area (Å²) in [5.41, 5.74) is 7.09. The zero-order valence-corrected chi connectivity index (χ0v) is 12.0. The summed E-state index contributed by atoms with van der Waals surface area (Å²) in [7, 11) is 0. The van der Waals surface area contributed by atoms with Crippen molar-refractivity contribution >= 4 is 40.8 Å². The fraction of sp³-hybridized carbons (Fsp3) is 0.308. The third kappa shape index (κ3) is 3.32. The van der Waals surface area contributed by atoms with Crippen molar-refractivity contribution in [2.24, 2.45) is 5.73 Å². The van der Waals surface area contributed by atoms with Crippen molar-refractivity contribution in [1.29, 1.82) is 0 Å². The molecule has 0 aromatic heterocycles. The second-order valence-corrected chi connectivity index (χ2v) is 4.84. The number of hydrogen-bond acceptors (Lipinski definition) is 5. The highest BCUT2D eigenvalue weighted by Gasteiger charge is 2.25. The molecule has 0 bridgehead atoms. The summed E-state index contributed by atoms with van der Waals surface area (Å²) in [6.07, 6.45) is 0.208. The van der Waals surface area contributed by atoms with Crippen LogP contribution < -0.4 is 16.4 Å². The van der Waals surface area contributed by atoms with Gasteiger partial charge in [0.2, 0.25) is 5.91 Å². The van der Waals surface area contributed by atoms with E-state index < -0.39 is 17.9 Å². The van der Waals surface area contributed by atoms with Crippen LogP contribution in [0.1, 0.15) is 12.5 Å². The summed E-state index contributed by atoms with van der Waals surface area (Å²) in [6, 6.07) is 1.67. The Morgan fingerprint density at radius 2 is 2.24 bits per heavy atom. The van der Waals surface area contributed by atoms with E-state index in [0.717, 1.165) is 0 Å². The molecule has 1 unspecified atom stereocenters. The summed E-state index contributed by atoms with van der Waals surface area (Å²) >= 11 is 6.02. The number of nitrogens with two attached hydrogens (primary N) is 1. The fourth-order valence-corrected chi connectivity index (χ4v) is 2.10. The average molecular weight is 312 g/mol. The molecule has 0 saturated heterocycles. The first kappa shape index (κ1) is 15.3. The van der Waals surface area contributed by atoms with E-state index in [4.69, 9.17) is 17.3 Å². The van der Waals surface area contributed by atoms with E-state index in [9.17, 15) is 14.4 Å². The van der Waals surface area contributed by atoms with Crippen molar-refractivity contribution in [3.05, 3.63) is 22.7 Å². The molecule has 1 aromatic rings. The zero-order valence-electron chi connectivity index (χ0n) is 11.2. The normalized spacial score (nSPS) is 14.1. The van der Waals surface area contributed by atoms with E-state index in [0.29, 0.717) is 11.3 Å². The molecule has 0 saturated carbocycles. The lowest BCUT2D eigenvalue weighted by atomic mass is 10.1. The maximum atomic E-state index is 11.9. The first-order valence-corrected chi connectivity index (χ1v) is 6.65. The van der Waals surface area contributed by atoms with Crippen molar-refractivity contribution in [2.75, 3.05) is 17.2 Å². The first-order valence-electron chi connectivity index (χ1n) is 6.27. The van der Waals surface area contributed by atoms with Gasteiger partial charge in [-0.25, -0.2) is 4.79 Å². The maximum Gasteiger partial charge on any atom is 0.332 e. The van der Waals surface area contributed by atoms with E-state index in [2.05, 4.69) is 15.4 Å². The lowest BCUT2D eigenvalue weighted by Crippen LogP contribution is -2.43. The van der Waals surface area contributed by atoms with Crippen LogP contribution in [-0.4, -0.2) is 30.4 Å². The largest absolute Gasteiger partial charge is 0.464 e. The Hall–Kier alpha value is -2.12. The second-order valence-electron chi connectivity index (χ2n) is 4.43. The van der Waals surface area contributed by atoms with Gasteiger partial charge in [-0.3, -0.25) is 9.59 Å². The number of rotatable bonds is 4. The van der Waals surface area contributed by atoms with Crippen LogP contribution in [0.3, 0.4) is 0 Å². The van der Waals surface area contributed by atoms with Crippen LogP contribution >= 0.6 is 11.6 Å². The molecule has 8 heteroatoms. The topological polar surface area (TPSA) is 111 Å². The molecule has 0 fully saturated rings. The highest BCUT2D eigenvalue weighted by Crippen LogP contribution is 2.32. The zero-order chi connectivity index (χ0) is 15.6. The molecule has 2 amide bonds. The quantitative estimate of drug-likeness (QED) is 0.559. The minimum absolute atomic E-state index is 0.132. The van der Waals surface area contributed by atoms with Gasteiger partial charge in [-0.2, -0.15) is 0 Å². The molecular weight excluding hydrogens is 298 g/mol. The number of anilines is 2. The highest BCUT2D eigenvalue weighted by molar-refractivity contribution is 6.34. The van der Waals surface area contributed by atoms with Crippen LogP contribution in [-0.2, 0) is 25.5 Å². The number of carbonyl (C=O) groups is 3. The van der Waals surface area contributed by atoms with Gasteiger partial charge in [-0.1, -0.05) is 11.6 Å². The number of halogens is 1. The van der Waals surface area contributed by atoms with Crippen LogP contribution in [0.2, 0.25) is 5.02 Å². The lowest BCUT2D eigenvalue weighted by Gasteiger charge is -2.13. The molecule has 1 aromatic carbocycles. The number of benzene rings is 1. The van der Waals surface area contributed by atoms with Crippen molar-refractivity contribution in [2.45, 2.75) is 19.4 Å². The van der Waals surface area contributed by atoms with E-state index in [-0.39, 0.29) is 29.6 Å². The van der Waals surface area contributed by atoms with Gasteiger partial charge in [0.05, 0.1) is 23.7 Å². The standard InChI is InChI=1S/C13H14ClN3O4/c1-2-21-13(20)11(15)12(19)17-9-3-6-4-10(18)16-8(6)5-7(9)14/h3,5,11H,2,4,15H2,1H3,(H,16,18)(H,17,19). The van der Waals surface area contributed by atoms with E-state index in [1.54, 1.807) is 13.0 Å². The molecule has 112 valence electrons. The van der Waals surface area contributed by atoms with Crippen molar-refractivity contribution < 1.29 is 19.1 Å². The van der Waals surface area contributed by atoms with Gasteiger partial charge in [0, 0.05) is 5.69 Å². The number of fused-ring (bicyclic) bond motifs is 1. The predicted octanol–water partition coefficient (Wildman–Crippen LogP) is 0.663. The summed E-state index contributed by atoms with van der Waals surface area (Å²) < 4.78 is 4.67. The third-order valence-electron chi connectivity index (χ3n) is 2.90. The van der Waals surface area contributed by atoms with Gasteiger partial charge < -0.3 is 21.1 Å². The molecule has 2 rings (SSSR count). The Kier molecular flexibility index (Phi) is 4.44. The maximum absolute atomic E-state index is 11.9. The van der Waals surface area contributed by atoms with Crippen LogP contribution in [0.25, 0.3) is 0 Å². The molecule has 0 radical (unpaired) electrons.